The van der Waals surface area contributed by atoms with Gasteiger partial charge in [-0.15, -0.1) is 10.2 Å². The molecule has 2 aromatic rings. The van der Waals surface area contributed by atoms with Crippen LogP contribution in [0.5, 0.6) is 0 Å². The number of H-pyrrole nitrogens is 1. The summed E-state index contributed by atoms with van der Waals surface area (Å²) in [6, 6.07) is 7.93. The van der Waals surface area contributed by atoms with E-state index in [2.05, 4.69) is 77.7 Å². The molecule has 1 spiro atoms. The van der Waals surface area contributed by atoms with Gasteiger partial charge in [0.05, 0.1) is 12.6 Å². The SMILES string of the molecule is CC(C)(C)CC[C@H](c1ccc(C(=O)NCc2nn[nH]n2)cc1)N1C(=O)C(NC2CCCCC2)=NC12CCC(C(C)(C)C)CC2. The van der Waals surface area contributed by atoms with E-state index in [1.807, 2.05) is 24.3 Å². The van der Waals surface area contributed by atoms with Crippen molar-refractivity contribution in [1.29, 1.82) is 0 Å². The largest absolute Gasteiger partial charge is 0.363 e. The summed E-state index contributed by atoms with van der Waals surface area (Å²) in [6.45, 7) is 14.0. The van der Waals surface area contributed by atoms with Gasteiger partial charge in [-0.25, -0.2) is 4.99 Å². The van der Waals surface area contributed by atoms with E-state index < -0.39 is 5.66 Å². The van der Waals surface area contributed by atoms with E-state index in [1.165, 1.54) is 19.3 Å². The Kier molecular flexibility index (Phi) is 9.47. The fourth-order valence-corrected chi connectivity index (χ4v) is 7.27. The van der Waals surface area contributed by atoms with Gasteiger partial charge in [-0.1, -0.05) is 78.2 Å². The summed E-state index contributed by atoms with van der Waals surface area (Å²) in [6.07, 6.45) is 11.5. The fourth-order valence-electron chi connectivity index (χ4n) is 7.27. The van der Waals surface area contributed by atoms with Crippen LogP contribution < -0.4 is 10.6 Å². The van der Waals surface area contributed by atoms with Crippen LogP contribution in [-0.4, -0.2) is 54.9 Å². The van der Waals surface area contributed by atoms with Crippen molar-refractivity contribution in [3.63, 3.8) is 0 Å². The van der Waals surface area contributed by atoms with E-state index in [9.17, 15) is 9.59 Å². The first-order valence-electron chi connectivity index (χ1n) is 16.7. The zero-order valence-electron chi connectivity index (χ0n) is 27.6. The summed E-state index contributed by atoms with van der Waals surface area (Å²) in [5, 5.41) is 20.2. The highest BCUT2D eigenvalue weighted by molar-refractivity contribution is 6.39. The summed E-state index contributed by atoms with van der Waals surface area (Å²) < 4.78 is 0. The van der Waals surface area contributed by atoms with Crippen LogP contribution in [0.2, 0.25) is 0 Å². The molecule has 2 fully saturated rings. The van der Waals surface area contributed by atoms with Crippen LogP contribution in [0.4, 0.5) is 0 Å². The van der Waals surface area contributed by atoms with Gasteiger partial charge in [0, 0.05) is 11.6 Å². The van der Waals surface area contributed by atoms with Crippen LogP contribution >= 0.6 is 0 Å². The van der Waals surface area contributed by atoms with Gasteiger partial charge in [0.2, 0.25) is 0 Å². The molecule has 2 heterocycles. The molecular formula is C34H52N8O2. The first kappa shape index (κ1) is 32.1. The van der Waals surface area contributed by atoms with E-state index in [-0.39, 0.29) is 35.2 Å². The van der Waals surface area contributed by atoms with Crippen LogP contribution in [0.15, 0.2) is 29.3 Å². The maximum atomic E-state index is 14.5. The second kappa shape index (κ2) is 13.0. The number of amidine groups is 1. The van der Waals surface area contributed by atoms with E-state index >= 15 is 0 Å². The Bertz CT molecular complexity index is 1290. The van der Waals surface area contributed by atoms with Gasteiger partial charge in [0.25, 0.3) is 11.8 Å². The topological polar surface area (TPSA) is 128 Å². The number of aromatic nitrogens is 4. The summed E-state index contributed by atoms with van der Waals surface area (Å²) in [4.78, 5) is 34.9. The van der Waals surface area contributed by atoms with Crippen LogP contribution in [-0.2, 0) is 11.3 Å². The number of hydrogen-bond acceptors (Lipinski definition) is 7. The Labute approximate surface area is 262 Å². The average molecular weight is 605 g/mol. The molecule has 0 radical (unpaired) electrons. The molecule has 44 heavy (non-hydrogen) atoms. The number of tetrazole rings is 1. The van der Waals surface area contributed by atoms with E-state index in [0.717, 1.165) is 56.9 Å². The molecule has 10 nitrogen and oxygen atoms in total. The first-order chi connectivity index (χ1) is 20.8. The Morgan fingerprint density at radius 1 is 1.02 bits per heavy atom. The fraction of sp³-hybridized carbons (Fsp3) is 0.706. The number of carbonyl (C=O) groups excluding carboxylic acids is 2. The van der Waals surface area contributed by atoms with Crippen LogP contribution in [0, 0.1) is 16.7 Å². The molecule has 0 bridgehead atoms. The van der Waals surface area contributed by atoms with Crippen LogP contribution in [0.3, 0.4) is 0 Å². The van der Waals surface area contributed by atoms with Gasteiger partial charge in [0.1, 0.15) is 5.66 Å². The van der Waals surface area contributed by atoms with Crippen molar-refractivity contribution >= 4 is 17.6 Å². The van der Waals surface area contributed by atoms with Crippen LogP contribution in [0.25, 0.3) is 0 Å². The zero-order chi connectivity index (χ0) is 31.5. The number of amides is 2. The normalized spacial score (nSPS) is 24.0. The minimum absolute atomic E-state index is 0.0330. The highest BCUT2D eigenvalue weighted by Gasteiger charge is 2.53. The lowest BCUT2D eigenvalue weighted by Gasteiger charge is -2.47. The summed E-state index contributed by atoms with van der Waals surface area (Å²) in [5.41, 5.74) is 1.39. The Morgan fingerprint density at radius 3 is 2.30 bits per heavy atom. The minimum atomic E-state index is -0.543. The first-order valence-corrected chi connectivity index (χ1v) is 16.7. The molecular weight excluding hydrogens is 552 g/mol. The lowest BCUT2D eigenvalue weighted by atomic mass is 9.69. The van der Waals surface area contributed by atoms with E-state index in [0.29, 0.717) is 29.2 Å². The van der Waals surface area contributed by atoms with Gasteiger partial charge in [-0.2, -0.15) is 5.21 Å². The minimum Gasteiger partial charge on any atom is -0.363 e. The molecule has 0 saturated heterocycles. The zero-order valence-corrected chi connectivity index (χ0v) is 27.6. The molecule has 0 unspecified atom stereocenters. The Balaban J connectivity index is 1.43. The predicted molar refractivity (Wildman–Crippen MR) is 172 cm³/mol. The Morgan fingerprint density at radius 2 is 1.70 bits per heavy atom. The monoisotopic (exact) mass is 604 g/mol. The number of rotatable bonds is 8. The molecule has 2 amide bonds. The third-order valence-electron chi connectivity index (χ3n) is 9.98. The summed E-state index contributed by atoms with van der Waals surface area (Å²) in [7, 11) is 0. The second-order valence-corrected chi connectivity index (χ2v) is 15.5. The number of aliphatic imine (C=N–C) groups is 1. The molecule has 1 atom stereocenters. The summed E-state index contributed by atoms with van der Waals surface area (Å²) in [5.74, 6) is 1.42. The lowest BCUT2D eigenvalue weighted by molar-refractivity contribution is -0.134. The van der Waals surface area contributed by atoms with E-state index in [4.69, 9.17) is 4.99 Å². The molecule has 2 aliphatic carbocycles. The molecule has 1 aliphatic heterocycles. The highest BCUT2D eigenvalue weighted by atomic mass is 16.2. The van der Waals surface area contributed by atoms with Gasteiger partial charge in [-0.05, 0) is 85.8 Å². The Hall–Kier alpha value is -3.30. The number of aromatic amines is 1. The van der Waals surface area contributed by atoms with Crippen molar-refractivity contribution in [2.24, 2.45) is 21.7 Å². The lowest BCUT2D eigenvalue weighted by Crippen LogP contribution is -2.52. The van der Waals surface area contributed by atoms with Crippen molar-refractivity contribution in [1.82, 2.24) is 36.2 Å². The summed E-state index contributed by atoms with van der Waals surface area (Å²) >= 11 is 0. The average Bonchev–Trinajstić information content (AvgIpc) is 3.59. The maximum Gasteiger partial charge on any atom is 0.291 e. The third kappa shape index (κ3) is 7.49. The predicted octanol–water partition coefficient (Wildman–Crippen LogP) is 6.09. The number of hydrogen-bond donors (Lipinski definition) is 3. The number of nitrogens with one attached hydrogen (secondary N) is 3. The molecule has 10 heteroatoms. The van der Waals surface area contributed by atoms with Gasteiger partial charge < -0.3 is 15.5 Å². The van der Waals surface area contributed by atoms with Crippen molar-refractivity contribution < 1.29 is 9.59 Å². The molecule has 3 aliphatic rings. The molecule has 1 aromatic heterocycles. The number of carbonyl (C=O) groups is 2. The molecule has 240 valence electrons. The quantitative estimate of drug-likeness (QED) is 0.334. The van der Waals surface area contributed by atoms with Crippen LogP contribution in [0.1, 0.15) is 140 Å². The standard InChI is InChI=1S/C34H52N8O2/c1-32(2,3)19-18-27(23-12-14-24(15-13-23)30(43)35-22-28-38-40-41-39-28)42-31(44)29(36-26-10-8-7-9-11-26)37-34(42)20-16-25(17-21-34)33(4,5)6/h12-15,25-27H,7-11,16-22H2,1-6H3,(H,35,43)(H,36,37)(H,38,39,40,41)/t25?,27-,34?/m1/s1. The third-order valence-corrected chi connectivity index (χ3v) is 9.98. The van der Waals surface area contributed by atoms with Gasteiger partial charge >= 0.3 is 0 Å². The maximum absolute atomic E-state index is 14.5. The van der Waals surface area contributed by atoms with Gasteiger partial charge in [-0.3, -0.25) is 9.59 Å². The molecule has 5 rings (SSSR count). The number of nitrogens with zero attached hydrogens (tertiary/aromatic N) is 5. The van der Waals surface area contributed by atoms with Gasteiger partial charge in [0.15, 0.2) is 11.7 Å². The highest BCUT2D eigenvalue weighted by Crippen LogP contribution is 2.49. The molecule has 3 N–H and O–H groups in total. The van der Waals surface area contributed by atoms with Crippen molar-refractivity contribution in [3.05, 3.63) is 41.2 Å². The van der Waals surface area contributed by atoms with E-state index in [1.54, 1.807) is 0 Å². The number of benzene rings is 1. The van der Waals surface area contributed by atoms with Crippen molar-refractivity contribution in [3.8, 4) is 0 Å². The molecule has 1 aromatic carbocycles. The molecule has 2 saturated carbocycles. The second-order valence-electron chi connectivity index (χ2n) is 15.5. The van der Waals surface area contributed by atoms with Crippen molar-refractivity contribution in [2.45, 2.75) is 136 Å². The smallest absolute Gasteiger partial charge is 0.291 e. The van der Waals surface area contributed by atoms with Crippen molar-refractivity contribution in [2.75, 3.05) is 0 Å².